The first-order chi connectivity index (χ1) is 15.2. The number of amides is 1. The van der Waals surface area contributed by atoms with E-state index in [1.54, 1.807) is 23.9 Å². The fourth-order valence-corrected chi connectivity index (χ4v) is 3.69. The summed E-state index contributed by atoms with van der Waals surface area (Å²) in [6, 6.07) is 9.25. The zero-order chi connectivity index (χ0) is 23.0. The third kappa shape index (κ3) is 3.77. The van der Waals surface area contributed by atoms with Crippen molar-refractivity contribution in [1.29, 1.82) is 0 Å². The van der Waals surface area contributed by atoms with Crippen LogP contribution in [0, 0.1) is 5.92 Å². The molecule has 0 radical (unpaired) electrons. The second-order valence-electron chi connectivity index (χ2n) is 8.54. The molecule has 1 N–H and O–H groups in total. The van der Waals surface area contributed by atoms with Crippen molar-refractivity contribution in [3.05, 3.63) is 59.5 Å². The van der Waals surface area contributed by atoms with Crippen molar-refractivity contribution in [3.8, 4) is 0 Å². The van der Waals surface area contributed by atoms with E-state index in [0.717, 1.165) is 10.9 Å². The predicted octanol–water partition coefficient (Wildman–Crippen LogP) is 3.57. The van der Waals surface area contributed by atoms with E-state index in [4.69, 9.17) is 4.74 Å². The molecule has 0 bridgehead atoms. The largest absolute Gasteiger partial charge is 0.454 e. The van der Waals surface area contributed by atoms with Crippen molar-refractivity contribution in [1.82, 2.24) is 20.1 Å². The van der Waals surface area contributed by atoms with Crippen LogP contribution in [-0.4, -0.2) is 38.0 Å². The van der Waals surface area contributed by atoms with E-state index in [-0.39, 0.29) is 17.4 Å². The summed E-state index contributed by atoms with van der Waals surface area (Å²) in [5, 5.41) is 7.81. The molecule has 0 aliphatic carbocycles. The number of benzene rings is 1. The average molecular weight is 434 g/mol. The third-order valence-corrected chi connectivity index (χ3v) is 6.04. The Labute approximate surface area is 186 Å². The lowest BCUT2D eigenvalue weighted by molar-refractivity contribution is -0.124. The molecule has 0 spiro atoms. The van der Waals surface area contributed by atoms with Crippen LogP contribution in [0.5, 0.6) is 0 Å². The number of hydrogen-bond acceptors (Lipinski definition) is 6. The van der Waals surface area contributed by atoms with Crippen LogP contribution in [0.1, 0.15) is 61.8 Å². The smallest absolute Gasteiger partial charge is 0.341 e. The molecular weight excluding hydrogens is 406 g/mol. The normalized spacial score (nSPS) is 19.2. The van der Waals surface area contributed by atoms with Gasteiger partial charge in [-0.25, -0.2) is 14.8 Å². The van der Waals surface area contributed by atoms with E-state index in [2.05, 4.69) is 20.4 Å². The number of amidine groups is 1. The van der Waals surface area contributed by atoms with Crippen molar-refractivity contribution in [2.24, 2.45) is 18.0 Å². The number of para-hydroxylation sites is 1. The highest BCUT2D eigenvalue weighted by atomic mass is 16.5. The molecule has 2 unspecified atom stereocenters. The molecule has 8 nitrogen and oxygen atoms in total. The first-order valence-corrected chi connectivity index (χ1v) is 10.7. The minimum Gasteiger partial charge on any atom is -0.454 e. The molecule has 2 atom stereocenters. The molecule has 3 aromatic rings. The van der Waals surface area contributed by atoms with Gasteiger partial charge in [-0.1, -0.05) is 39.0 Å². The first kappa shape index (κ1) is 21.7. The molecule has 166 valence electrons. The Morgan fingerprint density at radius 3 is 2.66 bits per heavy atom. The number of hydrogen-bond donors (Lipinski definition) is 1. The van der Waals surface area contributed by atoms with Gasteiger partial charge in [0.1, 0.15) is 17.3 Å². The molecule has 0 saturated carbocycles. The van der Waals surface area contributed by atoms with Crippen LogP contribution >= 0.6 is 0 Å². The summed E-state index contributed by atoms with van der Waals surface area (Å²) in [4.78, 5) is 35.4. The summed E-state index contributed by atoms with van der Waals surface area (Å²) in [7, 11) is 1.82. The Hall–Kier alpha value is -3.55. The topological polar surface area (TPSA) is 98.5 Å². The maximum atomic E-state index is 13.3. The number of aliphatic imine (C=N–C) groups is 1. The van der Waals surface area contributed by atoms with E-state index in [9.17, 15) is 9.59 Å². The monoisotopic (exact) mass is 433 g/mol. The first-order valence-electron chi connectivity index (χ1n) is 10.7. The quantitative estimate of drug-likeness (QED) is 0.599. The van der Waals surface area contributed by atoms with E-state index in [0.29, 0.717) is 23.5 Å². The highest BCUT2D eigenvalue weighted by Crippen LogP contribution is 2.29. The fraction of sp³-hybridized carbons (Fsp3) is 0.375. The number of nitrogens with one attached hydrogen (secondary N) is 1. The van der Waals surface area contributed by atoms with E-state index in [1.165, 1.54) is 0 Å². The minimum absolute atomic E-state index is 0.0223. The number of rotatable bonds is 6. The summed E-state index contributed by atoms with van der Waals surface area (Å²) in [6.45, 7) is 7.61. The van der Waals surface area contributed by atoms with Gasteiger partial charge >= 0.3 is 5.97 Å². The van der Waals surface area contributed by atoms with Gasteiger partial charge < -0.3 is 10.1 Å². The number of esters is 1. The minimum atomic E-state index is -0.925. The Kier molecular flexibility index (Phi) is 5.54. The molecule has 1 aliphatic heterocycles. The van der Waals surface area contributed by atoms with Gasteiger partial charge in [0.15, 0.2) is 5.84 Å². The van der Waals surface area contributed by atoms with Gasteiger partial charge in [0.25, 0.3) is 5.91 Å². The van der Waals surface area contributed by atoms with Crippen LogP contribution in [0.3, 0.4) is 0 Å². The number of carbonyl (C=O) groups is 2. The van der Waals surface area contributed by atoms with Gasteiger partial charge in [-0.05, 0) is 31.4 Å². The number of aryl methyl sites for hydroxylation is 1. The lowest BCUT2D eigenvalue weighted by atomic mass is 9.89. The Bertz CT molecular complexity index is 1230. The molecule has 1 aliphatic rings. The van der Waals surface area contributed by atoms with Gasteiger partial charge in [0.2, 0.25) is 0 Å². The molecule has 1 aromatic carbocycles. The van der Waals surface area contributed by atoms with Crippen LogP contribution in [0.2, 0.25) is 0 Å². The zero-order valence-corrected chi connectivity index (χ0v) is 18.9. The van der Waals surface area contributed by atoms with Crippen molar-refractivity contribution in [3.63, 3.8) is 0 Å². The summed E-state index contributed by atoms with van der Waals surface area (Å²) >= 11 is 0. The number of aromatic nitrogens is 3. The second-order valence-corrected chi connectivity index (χ2v) is 8.54. The Morgan fingerprint density at radius 1 is 1.28 bits per heavy atom. The van der Waals surface area contributed by atoms with Gasteiger partial charge in [-0.3, -0.25) is 9.48 Å². The highest BCUT2D eigenvalue weighted by molar-refractivity contribution is 6.18. The molecule has 0 saturated heterocycles. The second kappa shape index (κ2) is 8.18. The molecule has 2 aromatic heterocycles. The lowest BCUT2D eigenvalue weighted by Gasteiger charge is -2.21. The fourth-order valence-electron chi connectivity index (χ4n) is 3.69. The van der Waals surface area contributed by atoms with Crippen molar-refractivity contribution < 1.29 is 14.3 Å². The van der Waals surface area contributed by atoms with Crippen molar-refractivity contribution >= 4 is 28.6 Å². The molecule has 1 amide bonds. The Balaban J connectivity index is 1.78. The number of ether oxygens (including phenoxy) is 1. The average Bonchev–Trinajstić information content (AvgIpc) is 3.34. The molecule has 8 heteroatoms. The van der Waals surface area contributed by atoms with Crippen LogP contribution in [0.4, 0.5) is 0 Å². The van der Waals surface area contributed by atoms with Crippen LogP contribution in [-0.2, 0) is 16.6 Å². The SMILES string of the molecule is CCC(OC(=O)c1cc2ccccc2nc1C1=NC(C)(C(C)C)C(=O)N1)c1cnn(C)c1. The molecule has 3 heterocycles. The van der Waals surface area contributed by atoms with Gasteiger partial charge in [-0.2, -0.15) is 5.10 Å². The van der Waals surface area contributed by atoms with Gasteiger partial charge in [0.05, 0.1) is 17.3 Å². The number of nitrogens with zero attached hydrogens (tertiary/aromatic N) is 4. The number of carbonyl (C=O) groups excluding carboxylic acids is 2. The van der Waals surface area contributed by atoms with E-state index in [1.807, 2.05) is 58.3 Å². The van der Waals surface area contributed by atoms with E-state index < -0.39 is 17.6 Å². The maximum Gasteiger partial charge on any atom is 0.341 e. The van der Waals surface area contributed by atoms with Gasteiger partial charge in [0, 0.05) is 24.2 Å². The summed E-state index contributed by atoms with van der Waals surface area (Å²) in [5.41, 5.74) is 1.17. The number of fused-ring (bicyclic) bond motifs is 1. The Morgan fingerprint density at radius 2 is 2.03 bits per heavy atom. The summed E-state index contributed by atoms with van der Waals surface area (Å²) in [6.07, 6.45) is 3.67. The van der Waals surface area contributed by atoms with Crippen LogP contribution < -0.4 is 5.32 Å². The summed E-state index contributed by atoms with van der Waals surface area (Å²) < 4.78 is 7.53. The standard InChI is InChI=1S/C24H27N5O3/c1-6-19(16-12-25-29(5)13-16)32-22(30)17-11-15-9-7-8-10-18(15)26-20(17)21-27-23(31)24(4,28-21)14(2)3/h7-14,19H,6H2,1-5H3,(H,27,28,31). The van der Waals surface area contributed by atoms with Crippen LogP contribution in [0.15, 0.2) is 47.7 Å². The van der Waals surface area contributed by atoms with Gasteiger partial charge in [-0.15, -0.1) is 0 Å². The van der Waals surface area contributed by atoms with Crippen LogP contribution in [0.25, 0.3) is 10.9 Å². The zero-order valence-electron chi connectivity index (χ0n) is 18.9. The molecule has 0 fully saturated rings. The lowest BCUT2D eigenvalue weighted by Crippen LogP contribution is -2.41. The third-order valence-electron chi connectivity index (χ3n) is 6.04. The summed E-state index contributed by atoms with van der Waals surface area (Å²) in [5.74, 6) is -0.466. The maximum absolute atomic E-state index is 13.3. The van der Waals surface area contributed by atoms with Crippen molar-refractivity contribution in [2.45, 2.75) is 45.8 Å². The predicted molar refractivity (Wildman–Crippen MR) is 121 cm³/mol. The highest BCUT2D eigenvalue weighted by Gasteiger charge is 2.43. The molecular formula is C24H27N5O3. The van der Waals surface area contributed by atoms with Crippen molar-refractivity contribution in [2.75, 3.05) is 0 Å². The van der Waals surface area contributed by atoms with E-state index >= 15 is 0 Å². The number of pyridine rings is 1. The molecule has 4 rings (SSSR count). The molecule has 32 heavy (non-hydrogen) atoms.